The molecule has 9 amide bonds. The molecule has 3 unspecified atom stereocenters. The van der Waals surface area contributed by atoms with Gasteiger partial charge in [0.2, 0.25) is 5.91 Å². The van der Waals surface area contributed by atoms with E-state index >= 15 is 0 Å². The molecule has 4 rings (SSSR count). The lowest BCUT2D eigenvalue weighted by Crippen LogP contribution is -2.49. The zero-order valence-corrected chi connectivity index (χ0v) is 26.6. The van der Waals surface area contributed by atoms with Crippen LogP contribution in [0.2, 0.25) is 0 Å². The molecule has 4 aliphatic heterocycles. The maximum Gasteiger partial charge on any atom is 0.329 e. The average Bonchev–Trinajstić information content (AvgIpc) is 3.79. The van der Waals surface area contributed by atoms with Crippen LogP contribution >= 0.6 is 0 Å². The largest absolute Gasteiger partial charge is 0.480 e. The highest BCUT2D eigenvalue weighted by atomic mass is 16.5. The van der Waals surface area contributed by atoms with Crippen LogP contribution in [0.25, 0.3) is 0 Å². The quantitative estimate of drug-likeness (QED) is 0.130. The maximum atomic E-state index is 12.9. The highest BCUT2D eigenvalue weighted by Crippen LogP contribution is 2.20. The third-order valence-electron chi connectivity index (χ3n) is 8.18. The van der Waals surface area contributed by atoms with Crippen molar-refractivity contribution in [1.82, 2.24) is 24.9 Å². The normalized spacial score (nSPS) is 18.8. The molecular weight excluding hydrogens is 662 g/mol. The Hall–Kier alpha value is -5.91. The van der Waals surface area contributed by atoms with E-state index in [2.05, 4.69) is 5.32 Å². The number of aliphatic carboxylic acids is 1. The second-order valence-corrected chi connectivity index (χ2v) is 11.6. The molecular formula is C32H33N5O13. The molecule has 0 aromatic carbocycles. The number of hydrogen-bond acceptors (Lipinski definition) is 12. The van der Waals surface area contributed by atoms with Crippen molar-refractivity contribution in [3.8, 4) is 0 Å². The van der Waals surface area contributed by atoms with E-state index in [1.54, 1.807) is 0 Å². The van der Waals surface area contributed by atoms with Gasteiger partial charge in [-0.05, 0) is 19.3 Å². The Morgan fingerprint density at radius 3 is 1.38 bits per heavy atom. The number of imide groups is 4. The highest BCUT2D eigenvalue weighted by molar-refractivity contribution is 6.15. The van der Waals surface area contributed by atoms with Crippen molar-refractivity contribution in [2.45, 2.75) is 56.7 Å². The summed E-state index contributed by atoms with van der Waals surface area (Å²) in [6, 6.07) is -1.99. The summed E-state index contributed by atoms with van der Waals surface area (Å²) in [7, 11) is 0. The Morgan fingerprint density at radius 2 is 0.960 bits per heavy atom. The molecule has 18 heteroatoms. The standard InChI is InChI=1S/C32H33N5O13/c38-21(3-1-19(36-28(44)11-12-29(36)45)16-34-24(40)7-8-25(34)41)4-5-22(50-18-32(48)49)15-33-23(39)6-2-20(37-30(46)13-14-31(37)47)17-35-26(42)9-10-27(35)43/h7-14,19-20,22H,1-6,15-18H2,(H,33,39)(H,48,49). The zero-order valence-electron chi connectivity index (χ0n) is 26.6. The molecule has 4 aliphatic rings. The molecule has 0 aromatic rings. The third kappa shape index (κ3) is 9.37. The number of carboxylic acids is 1. The lowest BCUT2D eigenvalue weighted by Gasteiger charge is -2.29. The van der Waals surface area contributed by atoms with Gasteiger partial charge in [0.05, 0.1) is 31.3 Å². The third-order valence-corrected chi connectivity index (χ3v) is 8.18. The first-order valence-corrected chi connectivity index (χ1v) is 15.5. The van der Waals surface area contributed by atoms with Crippen LogP contribution in [0.4, 0.5) is 0 Å². The van der Waals surface area contributed by atoms with Gasteiger partial charge in [-0.2, -0.15) is 0 Å². The zero-order chi connectivity index (χ0) is 36.5. The summed E-state index contributed by atoms with van der Waals surface area (Å²) in [5.74, 6) is -7.45. The molecule has 264 valence electrons. The number of Topliss-reactive ketones (excluding diaryl/α,β-unsaturated/α-hetero) is 1. The fourth-order valence-electron chi connectivity index (χ4n) is 5.61. The molecule has 0 bridgehead atoms. The van der Waals surface area contributed by atoms with E-state index in [-0.39, 0.29) is 63.9 Å². The van der Waals surface area contributed by atoms with Crippen LogP contribution in [-0.2, 0) is 57.5 Å². The molecule has 0 saturated carbocycles. The van der Waals surface area contributed by atoms with Gasteiger partial charge in [0.25, 0.3) is 47.3 Å². The van der Waals surface area contributed by atoms with Crippen molar-refractivity contribution in [2.75, 3.05) is 26.2 Å². The summed E-state index contributed by atoms with van der Waals surface area (Å²) in [6.45, 7) is -1.61. The average molecular weight is 696 g/mol. The molecule has 0 spiro atoms. The van der Waals surface area contributed by atoms with E-state index in [0.29, 0.717) is 0 Å². The number of amides is 9. The van der Waals surface area contributed by atoms with Gasteiger partial charge in [-0.1, -0.05) is 0 Å². The highest BCUT2D eigenvalue weighted by Gasteiger charge is 2.37. The van der Waals surface area contributed by atoms with Gasteiger partial charge in [0.1, 0.15) is 12.4 Å². The smallest absolute Gasteiger partial charge is 0.329 e. The first-order chi connectivity index (χ1) is 23.7. The number of carbonyl (C=O) groups is 11. The second kappa shape index (κ2) is 16.5. The molecule has 0 saturated heterocycles. The lowest BCUT2D eigenvalue weighted by atomic mass is 10.0. The number of rotatable bonds is 20. The van der Waals surface area contributed by atoms with E-state index < -0.39 is 83.9 Å². The summed E-state index contributed by atoms with van der Waals surface area (Å²) in [4.78, 5) is 138. The van der Waals surface area contributed by atoms with Crippen LogP contribution in [0.15, 0.2) is 48.6 Å². The van der Waals surface area contributed by atoms with E-state index in [4.69, 9.17) is 9.84 Å². The first kappa shape index (κ1) is 36.9. The summed E-state index contributed by atoms with van der Waals surface area (Å²) >= 11 is 0. The fraction of sp³-hybridized carbons (Fsp3) is 0.406. The van der Waals surface area contributed by atoms with Crippen LogP contribution in [0.5, 0.6) is 0 Å². The molecule has 2 N–H and O–H groups in total. The van der Waals surface area contributed by atoms with Gasteiger partial charge in [-0.15, -0.1) is 0 Å². The number of nitrogens with zero attached hydrogens (tertiary/aromatic N) is 4. The molecule has 0 aliphatic carbocycles. The Morgan fingerprint density at radius 1 is 0.580 bits per heavy atom. The minimum Gasteiger partial charge on any atom is -0.480 e. The fourth-order valence-corrected chi connectivity index (χ4v) is 5.61. The molecule has 4 heterocycles. The Balaban J connectivity index is 1.30. The van der Waals surface area contributed by atoms with Crippen molar-refractivity contribution >= 4 is 64.9 Å². The maximum absolute atomic E-state index is 12.9. The molecule has 3 atom stereocenters. The van der Waals surface area contributed by atoms with E-state index in [1.807, 2.05) is 0 Å². The van der Waals surface area contributed by atoms with Crippen LogP contribution in [-0.4, -0.2) is 134 Å². The van der Waals surface area contributed by atoms with Crippen LogP contribution < -0.4 is 5.32 Å². The molecule has 18 nitrogen and oxygen atoms in total. The molecule has 0 aromatic heterocycles. The van der Waals surface area contributed by atoms with Crippen LogP contribution in [0.1, 0.15) is 38.5 Å². The van der Waals surface area contributed by atoms with E-state index in [9.17, 15) is 52.7 Å². The predicted molar refractivity (Wildman–Crippen MR) is 164 cm³/mol. The van der Waals surface area contributed by atoms with Crippen molar-refractivity contribution in [1.29, 1.82) is 0 Å². The number of carboxylic acid groups (broad SMARTS) is 1. The van der Waals surface area contributed by atoms with E-state index in [1.165, 1.54) is 0 Å². The van der Waals surface area contributed by atoms with Gasteiger partial charge in [0, 0.05) is 74.4 Å². The summed E-state index contributed by atoms with van der Waals surface area (Å²) in [5.41, 5.74) is 0. The topological polar surface area (TPSA) is 242 Å². The summed E-state index contributed by atoms with van der Waals surface area (Å²) in [6.07, 6.45) is 6.55. The monoisotopic (exact) mass is 695 g/mol. The number of ketones is 1. The molecule has 0 radical (unpaired) electrons. The summed E-state index contributed by atoms with van der Waals surface area (Å²) in [5, 5.41) is 11.6. The van der Waals surface area contributed by atoms with Crippen LogP contribution in [0.3, 0.4) is 0 Å². The Kier molecular flexibility index (Phi) is 12.2. The second-order valence-electron chi connectivity index (χ2n) is 11.6. The SMILES string of the molecule is O=C(O)COC(CCC(=O)CCC(CN1C(=O)C=CC1=O)N1C(=O)C=CC1=O)CNC(=O)CCC(CN1C(=O)C=CC1=O)N1C(=O)C=CC1=O. The van der Waals surface area contributed by atoms with Crippen molar-refractivity contribution in [3.63, 3.8) is 0 Å². The first-order valence-electron chi connectivity index (χ1n) is 15.5. The number of ether oxygens (including phenoxy) is 1. The van der Waals surface area contributed by atoms with Gasteiger partial charge in [0.15, 0.2) is 0 Å². The Labute approximate surface area is 284 Å². The van der Waals surface area contributed by atoms with Gasteiger partial charge in [-0.3, -0.25) is 67.5 Å². The summed E-state index contributed by atoms with van der Waals surface area (Å²) < 4.78 is 5.34. The molecule has 0 fully saturated rings. The minimum atomic E-state index is -1.30. The van der Waals surface area contributed by atoms with Crippen molar-refractivity contribution in [3.05, 3.63) is 48.6 Å². The Bertz CT molecular complexity index is 1460. The number of hydrogen-bond donors (Lipinski definition) is 2. The van der Waals surface area contributed by atoms with Crippen molar-refractivity contribution < 1.29 is 62.6 Å². The van der Waals surface area contributed by atoms with Gasteiger partial charge in [-0.25, -0.2) is 4.79 Å². The van der Waals surface area contributed by atoms with Gasteiger partial charge >= 0.3 is 5.97 Å². The van der Waals surface area contributed by atoms with Crippen molar-refractivity contribution in [2.24, 2.45) is 0 Å². The number of nitrogens with one attached hydrogen (secondary N) is 1. The number of carbonyl (C=O) groups excluding carboxylic acids is 10. The molecule has 50 heavy (non-hydrogen) atoms. The lowest BCUT2D eigenvalue weighted by molar-refractivity contribution is -0.145. The minimum absolute atomic E-state index is 0.0372. The van der Waals surface area contributed by atoms with E-state index in [0.717, 1.165) is 68.2 Å². The van der Waals surface area contributed by atoms with Gasteiger partial charge < -0.3 is 15.2 Å². The predicted octanol–water partition coefficient (Wildman–Crippen LogP) is -2.08. The van der Waals surface area contributed by atoms with Crippen LogP contribution in [0, 0.1) is 0 Å².